The maximum Gasteiger partial charge on any atom is 0.280 e. The van der Waals surface area contributed by atoms with Gasteiger partial charge in [0.2, 0.25) is 0 Å². The first kappa shape index (κ1) is 16.1. The molecule has 0 amide bonds. The van der Waals surface area contributed by atoms with Crippen molar-refractivity contribution in [2.24, 2.45) is 0 Å². The summed E-state index contributed by atoms with van der Waals surface area (Å²) in [6.07, 6.45) is -0.939. The van der Waals surface area contributed by atoms with E-state index in [1.165, 1.54) is 28.7 Å². The van der Waals surface area contributed by atoms with Crippen molar-refractivity contribution in [3.8, 4) is 0 Å². The number of fused-ring (bicyclic) bond motifs is 5. The summed E-state index contributed by atoms with van der Waals surface area (Å²) in [6, 6.07) is 1.36. The maximum absolute atomic E-state index is 13.0. The fourth-order valence-corrected chi connectivity index (χ4v) is 4.89. The van der Waals surface area contributed by atoms with E-state index in [9.17, 15) is 13.6 Å². The van der Waals surface area contributed by atoms with Gasteiger partial charge in [-0.15, -0.1) is 17.9 Å². The normalized spacial score (nSPS) is 11.8. The summed E-state index contributed by atoms with van der Waals surface area (Å²) in [5, 5.41) is 4.38. The Kier molecular flexibility index (Phi) is 3.77. The van der Waals surface area contributed by atoms with E-state index in [1.54, 1.807) is 13.0 Å². The van der Waals surface area contributed by atoms with Crippen LogP contribution < -0.4 is 10.9 Å². The molecule has 0 aromatic carbocycles. The zero-order valence-corrected chi connectivity index (χ0v) is 14.7. The van der Waals surface area contributed by atoms with Gasteiger partial charge in [0.05, 0.1) is 10.2 Å². The fourth-order valence-electron chi connectivity index (χ4n) is 2.74. The Labute approximate surface area is 148 Å². The van der Waals surface area contributed by atoms with Crippen LogP contribution in [0.4, 0.5) is 13.9 Å². The molecule has 0 saturated carbocycles. The molecule has 0 radical (unpaired) electrons. The highest BCUT2D eigenvalue weighted by molar-refractivity contribution is 7.27. The first-order chi connectivity index (χ1) is 12.0. The smallest absolute Gasteiger partial charge is 0.280 e. The number of alkyl halides is 2. The molecule has 0 spiro atoms. The molecule has 0 aliphatic rings. The zero-order valence-electron chi connectivity index (χ0n) is 13.0. The molecule has 0 atom stereocenters. The minimum atomic E-state index is -2.64. The predicted molar refractivity (Wildman–Crippen MR) is 99.3 cm³/mol. The number of nitrogens with one attached hydrogen (secondary N) is 2. The number of pyridine rings is 2. The van der Waals surface area contributed by atoms with Crippen LogP contribution in [0.3, 0.4) is 0 Å². The monoisotopic (exact) mass is 378 g/mol. The minimum absolute atomic E-state index is 0.247. The van der Waals surface area contributed by atoms with Gasteiger partial charge in [0, 0.05) is 11.9 Å². The van der Waals surface area contributed by atoms with Crippen LogP contribution in [-0.2, 0) is 0 Å². The molecule has 2 N–H and O–H groups in total. The van der Waals surface area contributed by atoms with Crippen molar-refractivity contribution in [1.29, 1.82) is 0 Å². The molecule has 0 unspecified atom stereocenters. The number of H-pyrrole nitrogens is 1. The first-order valence-corrected chi connectivity index (χ1v) is 9.02. The molecule has 4 rings (SSSR count). The topological polar surface area (TPSA) is 70.7 Å². The third kappa shape index (κ3) is 2.50. The van der Waals surface area contributed by atoms with Crippen LogP contribution in [0.5, 0.6) is 0 Å². The van der Waals surface area contributed by atoms with Gasteiger partial charge >= 0.3 is 0 Å². The van der Waals surface area contributed by atoms with Gasteiger partial charge in [0.15, 0.2) is 5.13 Å². The second kappa shape index (κ2) is 5.85. The number of thiophene rings is 1. The van der Waals surface area contributed by atoms with E-state index in [-0.39, 0.29) is 11.3 Å². The number of aromatic amines is 1. The van der Waals surface area contributed by atoms with Gasteiger partial charge in [-0.1, -0.05) is 17.4 Å². The summed E-state index contributed by atoms with van der Waals surface area (Å²) in [4.78, 5) is 24.3. The molecule has 4 aromatic heterocycles. The van der Waals surface area contributed by atoms with Crippen LogP contribution >= 0.6 is 22.7 Å². The Bertz CT molecular complexity index is 1190. The Morgan fingerprint density at radius 3 is 2.88 bits per heavy atom. The lowest BCUT2D eigenvalue weighted by atomic mass is 10.1. The molecule has 0 fully saturated rings. The van der Waals surface area contributed by atoms with Crippen molar-refractivity contribution in [1.82, 2.24) is 15.0 Å². The van der Waals surface area contributed by atoms with Crippen molar-refractivity contribution in [2.45, 2.75) is 13.3 Å². The molecule has 9 heteroatoms. The zero-order chi connectivity index (χ0) is 17.7. The van der Waals surface area contributed by atoms with Crippen molar-refractivity contribution in [3.63, 3.8) is 0 Å². The number of aromatic nitrogens is 3. The van der Waals surface area contributed by atoms with E-state index in [4.69, 9.17) is 0 Å². The van der Waals surface area contributed by atoms with Gasteiger partial charge in [0.25, 0.3) is 12.0 Å². The van der Waals surface area contributed by atoms with Crippen molar-refractivity contribution < 1.29 is 8.78 Å². The van der Waals surface area contributed by atoms with Crippen LogP contribution in [-0.4, -0.2) is 21.5 Å². The largest absolute Gasteiger partial charge is 0.358 e. The number of nitrogens with zero attached hydrogens (tertiary/aromatic N) is 2. The molecule has 0 bridgehead atoms. The lowest BCUT2D eigenvalue weighted by Crippen LogP contribution is -2.03. The van der Waals surface area contributed by atoms with Gasteiger partial charge in [-0.25, -0.2) is 18.7 Å². The molecular formula is C16H12F2N4OS2. The highest BCUT2D eigenvalue weighted by atomic mass is 32.1. The Morgan fingerprint density at radius 2 is 2.16 bits per heavy atom. The summed E-state index contributed by atoms with van der Waals surface area (Å²) in [6.45, 7) is 5.91. The van der Waals surface area contributed by atoms with Gasteiger partial charge in [-0.3, -0.25) is 4.79 Å². The summed E-state index contributed by atoms with van der Waals surface area (Å²) in [5.74, 6) is 0. The molecule has 4 aromatic rings. The van der Waals surface area contributed by atoms with Crippen molar-refractivity contribution in [3.05, 3.63) is 40.3 Å². The Balaban J connectivity index is 2.07. The third-order valence-electron chi connectivity index (χ3n) is 3.79. The van der Waals surface area contributed by atoms with Gasteiger partial charge in [-0.2, -0.15) is 0 Å². The van der Waals surface area contributed by atoms with Crippen LogP contribution in [0, 0.1) is 6.92 Å². The highest BCUT2D eigenvalue weighted by Gasteiger charge is 2.19. The van der Waals surface area contributed by atoms with Crippen LogP contribution in [0.2, 0.25) is 0 Å². The number of thiazole rings is 1. The first-order valence-electron chi connectivity index (χ1n) is 7.39. The van der Waals surface area contributed by atoms with Crippen molar-refractivity contribution in [2.75, 3.05) is 11.9 Å². The van der Waals surface area contributed by atoms with E-state index in [1.807, 2.05) is 0 Å². The molecule has 0 aliphatic carbocycles. The van der Waals surface area contributed by atoms with E-state index in [0.717, 1.165) is 4.70 Å². The second-order valence-electron chi connectivity index (χ2n) is 5.47. The molecule has 0 aliphatic heterocycles. The highest BCUT2D eigenvalue weighted by Crippen LogP contribution is 2.39. The van der Waals surface area contributed by atoms with Crippen LogP contribution in [0.25, 0.3) is 30.6 Å². The molecule has 128 valence electrons. The molecule has 0 saturated heterocycles. The minimum Gasteiger partial charge on any atom is -0.358 e. The SMILES string of the molecule is C=CCNc1nc2c(s1)c(=O)[nH]c1c2sc2nc(C(F)F)cc(C)c21. The standard InChI is InChI=1S/C16H12F2N4OS2/c1-3-4-19-16-22-10-11-9(21-14(23)12(10)25-16)8-6(2)5-7(13(17)18)20-15(8)24-11/h3,5,13H,1,4H2,2H3,(H,19,22)(H,21,23). The fraction of sp³-hybridized carbons (Fsp3) is 0.188. The summed E-state index contributed by atoms with van der Waals surface area (Å²) in [7, 11) is 0. The predicted octanol–water partition coefficient (Wildman–Crippen LogP) is 4.59. The number of anilines is 1. The van der Waals surface area contributed by atoms with Gasteiger partial charge in [-0.05, 0) is 18.6 Å². The van der Waals surface area contributed by atoms with E-state index >= 15 is 0 Å². The molecule has 5 nitrogen and oxygen atoms in total. The lowest BCUT2D eigenvalue weighted by Gasteiger charge is -2.02. The summed E-state index contributed by atoms with van der Waals surface area (Å²) < 4.78 is 27.3. The van der Waals surface area contributed by atoms with Gasteiger partial charge in [0.1, 0.15) is 20.7 Å². The number of halogens is 2. The summed E-state index contributed by atoms with van der Waals surface area (Å²) >= 11 is 2.52. The second-order valence-corrected chi connectivity index (χ2v) is 7.47. The van der Waals surface area contributed by atoms with E-state index in [2.05, 4.69) is 26.8 Å². The van der Waals surface area contributed by atoms with Gasteiger partial charge < -0.3 is 10.3 Å². The Morgan fingerprint density at radius 1 is 1.36 bits per heavy atom. The Hall–Kier alpha value is -2.39. The van der Waals surface area contributed by atoms with Crippen molar-refractivity contribution >= 4 is 58.5 Å². The summed E-state index contributed by atoms with van der Waals surface area (Å²) in [5.41, 5.74) is 1.31. The number of rotatable bonds is 4. The number of aryl methyl sites for hydroxylation is 1. The quantitative estimate of drug-likeness (QED) is 0.510. The number of hydrogen-bond acceptors (Lipinski definition) is 6. The van der Waals surface area contributed by atoms with E-state index < -0.39 is 6.43 Å². The average molecular weight is 378 g/mol. The third-order valence-corrected chi connectivity index (χ3v) is 5.89. The maximum atomic E-state index is 13.0. The van der Waals surface area contributed by atoms with Crippen LogP contribution in [0.1, 0.15) is 17.7 Å². The van der Waals surface area contributed by atoms with E-state index in [0.29, 0.717) is 43.2 Å². The average Bonchev–Trinajstić information content (AvgIpc) is 3.14. The van der Waals surface area contributed by atoms with Crippen LogP contribution in [0.15, 0.2) is 23.5 Å². The molecule has 25 heavy (non-hydrogen) atoms. The molecular weight excluding hydrogens is 366 g/mol. The lowest BCUT2D eigenvalue weighted by molar-refractivity contribution is 0.146. The molecule has 4 heterocycles. The number of hydrogen-bond donors (Lipinski definition) is 2.